The molecule has 2 aromatic rings. The van der Waals surface area contributed by atoms with Crippen molar-refractivity contribution in [3.05, 3.63) is 52.3 Å². The van der Waals surface area contributed by atoms with E-state index in [-0.39, 0.29) is 12.2 Å². The van der Waals surface area contributed by atoms with Crippen LogP contribution in [0.5, 0.6) is 0 Å². The van der Waals surface area contributed by atoms with Crippen molar-refractivity contribution in [2.45, 2.75) is 20.0 Å². The average Bonchev–Trinajstić information content (AvgIpc) is 2.89. The first-order valence-corrected chi connectivity index (χ1v) is 9.04. The molecule has 6 nitrogen and oxygen atoms in total. The maximum Gasteiger partial charge on any atom is 0.418 e. The summed E-state index contributed by atoms with van der Waals surface area (Å²) in [6, 6.07) is 4.65. The van der Waals surface area contributed by atoms with Crippen LogP contribution in [0.2, 0.25) is 5.15 Å². The smallest absolute Gasteiger partial charge is 0.330 e. The molecule has 0 saturated carbocycles. The van der Waals surface area contributed by atoms with E-state index in [9.17, 15) is 22.8 Å². The van der Waals surface area contributed by atoms with Crippen LogP contribution in [-0.2, 0) is 22.8 Å². The lowest BCUT2D eigenvalue weighted by Gasteiger charge is -2.19. The number of rotatable bonds is 6. The van der Waals surface area contributed by atoms with Gasteiger partial charge in [-0.15, -0.1) is 0 Å². The van der Waals surface area contributed by atoms with E-state index in [0.29, 0.717) is 16.4 Å². The lowest BCUT2D eigenvalue weighted by Crippen LogP contribution is -2.37. The van der Waals surface area contributed by atoms with Crippen molar-refractivity contribution in [2.24, 2.45) is 7.05 Å². The van der Waals surface area contributed by atoms with Crippen LogP contribution in [0.4, 0.5) is 18.9 Å². The Balaban J connectivity index is 2.09. The van der Waals surface area contributed by atoms with Gasteiger partial charge >= 0.3 is 6.18 Å². The standard InChI is InChI=1S/C19H20ClF3N4O2/c1-4-27(17(29)10-9-13-12(2)25-26(3)18(13)20)11-16(28)24-15-8-6-5-7-14(15)19(21,22)23/h5-10H,4,11H2,1-3H3,(H,24,28)/b10-9+. The molecule has 0 bridgehead atoms. The normalized spacial score (nSPS) is 11.7. The Morgan fingerprint density at radius 2 is 1.97 bits per heavy atom. The summed E-state index contributed by atoms with van der Waals surface area (Å²) in [6.45, 7) is 3.19. The highest BCUT2D eigenvalue weighted by atomic mass is 35.5. The fraction of sp³-hybridized carbons (Fsp3) is 0.316. The minimum absolute atomic E-state index is 0.192. The van der Waals surface area contributed by atoms with E-state index >= 15 is 0 Å². The number of amides is 2. The number of benzene rings is 1. The average molecular weight is 429 g/mol. The SMILES string of the molecule is CCN(CC(=O)Nc1ccccc1C(F)(F)F)C(=O)/C=C/c1c(C)nn(C)c1Cl. The number of anilines is 1. The summed E-state index contributed by atoms with van der Waals surface area (Å²) in [5, 5.41) is 6.71. The molecule has 0 unspecified atom stereocenters. The molecule has 10 heteroatoms. The Morgan fingerprint density at radius 3 is 2.52 bits per heavy atom. The van der Waals surface area contributed by atoms with E-state index in [1.165, 1.54) is 33.9 Å². The van der Waals surface area contributed by atoms with Crippen LogP contribution < -0.4 is 5.32 Å². The minimum atomic E-state index is -4.60. The van der Waals surface area contributed by atoms with E-state index in [4.69, 9.17) is 11.6 Å². The molecule has 0 saturated heterocycles. The van der Waals surface area contributed by atoms with Gasteiger partial charge < -0.3 is 10.2 Å². The number of halogens is 4. The van der Waals surface area contributed by atoms with Crippen molar-refractivity contribution < 1.29 is 22.8 Å². The number of aromatic nitrogens is 2. The van der Waals surface area contributed by atoms with Crippen LogP contribution in [0.1, 0.15) is 23.7 Å². The molecule has 0 aliphatic carbocycles. The quantitative estimate of drug-likeness (QED) is 0.709. The molecular formula is C19H20ClF3N4O2. The van der Waals surface area contributed by atoms with Gasteiger partial charge in [0.1, 0.15) is 11.7 Å². The molecule has 0 aliphatic heterocycles. The predicted molar refractivity (Wildman–Crippen MR) is 104 cm³/mol. The molecule has 29 heavy (non-hydrogen) atoms. The predicted octanol–water partition coefficient (Wildman–Crippen LogP) is 3.90. The van der Waals surface area contributed by atoms with Crippen LogP contribution in [0.25, 0.3) is 6.08 Å². The number of carbonyl (C=O) groups is 2. The second-order valence-electron chi connectivity index (χ2n) is 6.19. The van der Waals surface area contributed by atoms with Gasteiger partial charge in [-0.2, -0.15) is 18.3 Å². The first kappa shape index (κ1) is 22.5. The zero-order chi connectivity index (χ0) is 21.8. The zero-order valence-electron chi connectivity index (χ0n) is 16.0. The van der Waals surface area contributed by atoms with Crippen LogP contribution in [-0.4, -0.2) is 39.6 Å². The number of alkyl halides is 3. The summed E-state index contributed by atoms with van der Waals surface area (Å²) in [5.74, 6) is -1.22. The Morgan fingerprint density at radius 1 is 1.31 bits per heavy atom. The third-order valence-electron chi connectivity index (χ3n) is 4.12. The lowest BCUT2D eigenvalue weighted by atomic mass is 10.1. The van der Waals surface area contributed by atoms with E-state index in [2.05, 4.69) is 10.4 Å². The van der Waals surface area contributed by atoms with Gasteiger partial charge in [0.15, 0.2) is 0 Å². The summed E-state index contributed by atoms with van der Waals surface area (Å²) in [7, 11) is 1.66. The molecule has 2 amide bonds. The fourth-order valence-corrected chi connectivity index (χ4v) is 2.88. The Bertz CT molecular complexity index is 938. The summed E-state index contributed by atoms with van der Waals surface area (Å²) in [6.07, 6.45) is -1.86. The molecule has 2 rings (SSSR count). The lowest BCUT2D eigenvalue weighted by molar-refractivity contribution is -0.137. The van der Waals surface area contributed by atoms with Crippen molar-refractivity contribution in [3.8, 4) is 0 Å². The number of nitrogens with zero attached hydrogens (tertiary/aromatic N) is 3. The number of carbonyl (C=O) groups excluding carboxylic acids is 2. The van der Waals surface area contributed by atoms with Crippen LogP contribution in [0, 0.1) is 6.92 Å². The maximum absolute atomic E-state index is 13.0. The largest absolute Gasteiger partial charge is 0.418 e. The van der Waals surface area contributed by atoms with Gasteiger partial charge in [-0.3, -0.25) is 14.3 Å². The van der Waals surface area contributed by atoms with E-state index in [1.54, 1.807) is 20.9 Å². The summed E-state index contributed by atoms with van der Waals surface area (Å²) in [5.41, 5.74) is -0.112. The number of hydrogen-bond donors (Lipinski definition) is 1. The molecule has 0 aliphatic rings. The van der Waals surface area contributed by atoms with Gasteiger partial charge in [0.2, 0.25) is 11.8 Å². The topological polar surface area (TPSA) is 67.2 Å². The number of para-hydroxylation sites is 1. The number of likely N-dealkylation sites (N-methyl/N-ethyl adjacent to an activating group) is 1. The van der Waals surface area contributed by atoms with Gasteiger partial charge in [-0.1, -0.05) is 23.7 Å². The highest BCUT2D eigenvalue weighted by Crippen LogP contribution is 2.34. The fourth-order valence-electron chi connectivity index (χ4n) is 2.64. The first-order chi connectivity index (χ1) is 13.5. The first-order valence-electron chi connectivity index (χ1n) is 8.66. The number of hydrogen-bond acceptors (Lipinski definition) is 3. The monoisotopic (exact) mass is 428 g/mol. The maximum atomic E-state index is 13.0. The van der Waals surface area contributed by atoms with Crippen LogP contribution >= 0.6 is 11.6 Å². The molecule has 1 aromatic carbocycles. The molecule has 0 fully saturated rings. The van der Waals surface area contributed by atoms with Crippen molar-refractivity contribution in [1.29, 1.82) is 0 Å². The minimum Gasteiger partial charge on any atom is -0.330 e. The molecule has 0 spiro atoms. The number of aryl methyl sites for hydroxylation is 2. The molecule has 156 valence electrons. The van der Waals surface area contributed by atoms with Crippen molar-refractivity contribution in [3.63, 3.8) is 0 Å². The van der Waals surface area contributed by atoms with Gasteiger partial charge in [-0.25, -0.2) is 0 Å². The number of nitrogens with one attached hydrogen (secondary N) is 1. The second-order valence-corrected chi connectivity index (χ2v) is 6.55. The van der Waals surface area contributed by atoms with Gasteiger partial charge in [-0.05, 0) is 32.1 Å². The Labute approximate surface area is 170 Å². The summed E-state index contributed by atoms with van der Waals surface area (Å²) in [4.78, 5) is 25.8. The molecule has 1 aromatic heterocycles. The Hall–Kier alpha value is -2.81. The Kier molecular flexibility index (Phi) is 7.07. The molecular weight excluding hydrogens is 409 g/mol. The van der Waals surface area contributed by atoms with Crippen molar-refractivity contribution in [2.75, 3.05) is 18.4 Å². The second kappa shape index (κ2) is 9.13. The van der Waals surface area contributed by atoms with E-state index < -0.39 is 30.1 Å². The van der Waals surface area contributed by atoms with E-state index in [1.807, 2.05) is 0 Å². The molecule has 0 atom stereocenters. The van der Waals surface area contributed by atoms with Crippen molar-refractivity contribution >= 4 is 35.2 Å². The van der Waals surface area contributed by atoms with Crippen LogP contribution in [0.15, 0.2) is 30.3 Å². The third-order valence-corrected chi connectivity index (χ3v) is 4.57. The molecule has 0 radical (unpaired) electrons. The van der Waals surface area contributed by atoms with Crippen molar-refractivity contribution in [1.82, 2.24) is 14.7 Å². The highest BCUT2D eigenvalue weighted by Gasteiger charge is 2.33. The van der Waals surface area contributed by atoms with E-state index in [0.717, 1.165) is 12.1 Å². The van der Waals surface area contributed by atoms with Crippen LogP contribution in [0.3, 0.4) is 0 Å². The molecule has 1 heterocycles. The molecule has 1 N–H and O–H groups in total. The van der Waals surface area contributed by atoms with Gasteiger partial charge in [0, 0.05) is 25.2 Å². The van der Waals surface area contributed by atoms with Gasteiger partial charge in [0.05, 0.1) is 16.9 Å². The third kappa shape index (κ3) is 5.60. The highest BCUT2D eigenvalue weighted by molar-refractivity contribution is 6.31. The van der Waals surface area contributed by atoms with Gasteiger partial charge in [0.25, 0.3) is 0 Å². The zero-order valence-corrected chi connectivity index (χ0v) is 16.8. The summed E-state index contributed by atoms with van der Waals surface area (Å²) >= 11 is 6.11. The summed E-state index contributed by atoms with van der Waals surface area (Å²) < 4.78 is 40.6.